The van der Waals surface area contributed by atoms with Crippen LogP contribution in [0, 0.1) is 0 Å². The molecule has 1 fully saturated rings. The molecule has 0 spiro atoms. The second-order valence-electron chi connectivity index (χ2n) is 4.82. The first-order chi connectivity index (χ1) is 9.43. The van der Waals surface area contributed by atoms with Gasteiger partial charge >= 0.3 is 6.18 Å². The Morgan fingerprint density at radius 2 is 2.05 bits per heavy atom. The standard InChI is InChI=1S/C11H13F3N6/c12-11(13,14)10-16-8-3-4-9(17-20(8)18-10)19-5-1-2-7(15)6-19/h3-4,7H,1-2,5-6,15H2. The summed E-state index contributed by atoms with van der Waals surface area (Å²) in [6.45, 7) is 1.42. The summed E-state index contributed by atoms with van der Waals surface area (Å²) in [5.74, 6) is -0.622. The van der Waals surface area contributed by atoms with Crippen LogP contribution in [-0.2, 0) is 6.18 Å². The zero-order valence-corrected chi connectivity index (χ0v) is 10.5. The van der Waals surface area contributed by atoms with Crippen molar-refractivity contribution in [3.8, 4) is 0 Å². The fraction of sp³-hybridized carbons (Fsp3) is 0.545. The van der Waals surface area contributed by atoms with Crippen LogP contribution in [0.2, 0.25) is 0 Å². The van der Waals surface area contributed by atoms with E-state index in [0.29, 0.717) is 12.4 Å². The number of halogens is 3. The summed E-state index contributed by atoms with van der Waals surface area (Å²) in [5.41, 5.74) is 5.95. The third kappa shape index (κ3) is 2.40. The van der Waals surface area contributed by atoms with Gasteiger partial charge in [-0.2, -0.15) is 13.2 Å². The first-order valence-corrected chi connectivity index (χ1v) is 6.25. The molecule has 0 radical (unpaired) electrons. The highest BCUT2D eigenvalue weighted by Gasteiger charge is 2.36. The molecule has 1 saturated heterocycles. The second-order valence-corrected chi connectivity index (χ2v) is 4.82. The maximum atomic E-state index is 12.5. The zero-order valence-electron chi connectivity index (χ0n) is 10.5. The number of piperidine rings is 1. The number of aromatic nitrogens is 4. The number of nitrogens with zero attached hydrogens (tertiary/aromatic N) is 5. The van der Waals surface area contributed by atoms with E-state index in [0.717, 1.165) is 24.0 Å². The molecule has 0 saturated carbocycles. The molecule has 0 aromatic carbocycles. The minimum Gasteiger partial charge on any atom is -0.354 e. The molecule has 3 heterocycles. The average Bonchev–Trinajstić information content (AvgIpc) is 2.81. The van der Waals surface area contributed by atoms with Crippen molar-refractivity contribution in [2.75, 3.05) is 18.0 Å². The van der Waals surface area contributed by atoms with Crippen molar-refractivity contribution in [1.29, 1.82) is 0 Å². The van der Waals surface area contributed by atoms with E-state index in [2.05, 4.69) is 15.2 Å². The number of rotatable bonds is 1. The molecule has 1 aliphatic heterocycles. The van der Waals surface area contributed by atoms with Crippen molar-refractivity contribution in [2.45, 2.75) is 25.1 Å². The number of anilines is 1. The van der Waals surface area contributed by atoms with Crippen molar-refractivity contribution < 1.29 is 13.2 Å². The predicted molar refractivity (Wildman–Crippen MR) is 65.2 cm³/mol. The third-order valence-corrected chi connectivity index (χ3v) is 3.23. The topological polar surface area (TPSA) is 72.3 Å². The summed E-state index contributed by atoms with van der Waals surface area (Å²) in [4.78, 5) is 5.35. The van der Waals surface area contributed by atoms with Gasteiger partial charge in [0.1, 0.15) is 0 Å². The van der Waals surface area contributed by atoms with Crippen LogP contribution >= 0.6 is 0 Å². The van der Waals surface area contributed by atoms with E-state index in [1.165, 1.54) is 6.07 Å². The highest BCUT2D eigenvalue weighted by atomic mass is 19.4. The first-order valence-electron chi connectivity index (χ1n) is 6.25. The van der Waals surface area contributed by atoms with Crippen molar-refractivity contribution in [3.63, 3.8) is 0 Å². The fourth-order valence-electron chi connectivity index (χ4n) is 2.28. The van der Waals surface area contributed by atoms with E-state index in [-0.39, 0.29) is 11.7 Å². The lowest BCUT2D eigenvalue weighted by Crippen LogP contribution is -2.43. The highest BCUT2D eigenvalue weighted by molar-refractivity contribution is 5.45. The molecule has 1 atom stereocenters. The van der Waals surface area contributed by atoms with E-state index in [1.807, 2.05) is 4.90 Å². The van der Waals surface area contributed by atoms with Crippen LogP contribution in [0.1, 0.15) is 18.7 Å². The quantitative estimate of drug-likeness (QED) is 0.849. The van der Waals surface area contributed by atoms with Crippen LogP contribution in [0.5, 0.6) is 0 Å². The molecular weight excluding hydrogens is 273 g/mol. The van der Waals surface area contributed by atoms with Crippen LogP contribution in [0.25, 0.3) is 5.65 Å². The van der Waals surface area contributed by atoms with Gasteiger partial charge in [0, 0.05) is 19.1 Å². The van der Waals surface area contributed by atoms with E-state index in [1.54, 1.807) is 6.07 Å². The van der Waals surface area contributed by atoms with Crippen LogP contribution in [0.4, 0.5) is 19.0 Å². The van der Waals surface area contributed by atoms with Gasteiger partial charge in [0.25, 0.3) is 5.82 Å². The van der Waals surface area contributed by atoms with Gasteiger partial charge in [-0.15, -0.1) is 14.8 Å². The Balaban J connectivity index is 1.94. The Morgan fingerprint density at radius 1 is 1.25 bits per heavy atom. The molecule has 0 amide bonds. The van der Waals surface area contributed by atoms with Gasteiger partial charge in [-0.25, -0.2) is 4.98 Å². The van der Waals surface area contributed by atoms with E-state index < -0.39 is 12.0 Å². The Labute approximate surface area is 112 Å². The fourth-order valence-corrected chi connectivity index (χ4v) is 2.28. The lowest BCUT2D eigenvalue weighted by atomic mass is 10.1. The van der Waals surface area contributed by atoms with Crippen molar-refractivity contribution in [2.24, 2.45) is 5.73 Å². The number of alkyl halides is 3. The highest BCUT2D eigenvalue weighted by Crippen LogP contribution is 2.26. The Kier molecular flexibility index (Phi) is 3.00. The van der Waals surface area contributed by atoms with Crippen LogP contribution < -0.4 is 10.6 Å². The van der Waals surface area contributed by atoms with E-state index >= 15 is 0 Å². The maximum absolute atomic E-state index is 12.5. The van der Waals surface area contributed by atoms with Crippen molar-refractivity contribution in [3.05, 3.63) is 18.0 Å². The maximum Gasteiger partial charge on any atom is 0.453 e. The van der Waals surface area contributed by atoms with Crippen LogP contribution in [0.15, 0.2) is 12.1 Å². The second kappa shape index (κ2) is 4.58. The number of nitrogens with two attached hydrogens (primary N) is 1. The van der Waals surface area contributed by atoms with E-state index in [4.69, 9.17) is 5.73 Å². The average molecular weight is 286 g/mol. The van der Waals surface area contributed by atoms with Crippen LogP contribution in [-0.4, -0.2) is 38.9 Å². The predicted octanol–water partition coefficient (Wildman–Crippen LogP) is 1.07. The summed E-state index contributed by atoms with van der Waals surface area (Å²) in [6.07, 6.45) is -2.69. The Hall–Kier alpha value is -1.90. The Morgan fingerprint density at radius 3 is 2.75 bits per heavy atom. The lowest BCUT2D eigenvalue weighted by Gasteiger charge is -2.31. The van der Waals surface area contributed by atoms with Gasteiger partial charge in [0.15, 0.2) is 11.5 Å². The number of fused-ring (bicyclic) bond motifs is 1. The monoisotopic (exact) mass is 286 g/mol. The minimum absolute atomic E-state index is 0.0581. The zero-order chi connectivity index (χ0) is 14.3. The minimum atomic E-state index is -4.57. The molecule has 20 heavy (non-hydrogen) atoms. The summed E-state index contributed by atoms with van der Waals surface area (Å²) in [6, 6.07) is 3.18. The molecule has 108 valence electrons. The largest absolute Gasteiger partial charge is 0.453 e. The summed E-state index contributed by atoms with van der Waals surface area (Å²) >= 11 is 0. The van der Waals surface area contributed by atoms with Crippen molar-refractivity contribution >= 4 is 11.5 Å². The number of hydrogen-bond acceptors (Lipinski definition) is 5. The molecule has 9 heteroatoms. The molecule has 0 aliphatic carbocycles. The van der Waals surface area contributed by atoms with E-state index in [9.17, 15) is 13.2 Å². The SMILES string of the molecule is NC1CCCN(c2ccc3nc(C(F)(F)F)nn3n2)C1. The summed E-state index contributed by atoms with van der Waals surface area (Å²) < 4.78 is 38.5. The summed E-state index contributed by atoms with van der Waals surface area (Å²) in [5, 5.41) is 7.45. The normalized spacial score (nSPS) is 20.6. The van der Waals surface area contributed by atoms with Crippen molar-refractivity contribution in [1.82, 2.24) is 19.8 Å². The molecule has 2 aromatic rings. The molecule has 1 unspecified atom stereocenters. The van der Waals surface area contributed by atoms with Gasteiger partial charge in [-0.1, -0.05) is 0 Å². The molecule has 1 aliphatic rings. The summed E-state index contributed by atoms with van der Waals surface area (Å²) in [7, 11) is 0. The van der Waals surface area contributed by atoms with Gasteiger partial charge in [0.2, 0.25) is 0 Å². The van der Waals surface area contributed by atoms with Gasteiger partial charge in [-0.05, 0) is 25.0 Å². The third-order valence-electron chi connectivity index (χ3n) is 3.23. The Bertz CT molecular complexity index is 622. The molecule has 0 bridgehead atoms. The molecule has 2 aromatic heterocycles. The number of hydrogen-bond donors (Lipinski definition) is 1. The lowest BCUT2D eigenvalue weighted by molar-refractivity contribution is -0.144. The van der Waals surface area contributed by atoms with Crippen LogP contribution in [0.3, 0.4) is 0 Å². The van der Waals surface area contributed by atoms with Gasteiger partial charge in [0.05, 0.1) is 0 Å². The van der Waals surface area contributed by atoms with Gasteiger partial charge < -0.3 is 10.6 Å². The molecule has 6 nitrogen and oxygen atoms in total. The molecule has 2 N–H and O–H groups in total. The first kappa shape index (κ1) is 13.1. The smallest absolute Gasteiger partial charge is 0.354 e. The molecule has 3 rings (SSSR count). The molecular formula is C11H13F3N6. The van der Waals surface area contributed by atoms with Gasteiger partial charge in [-0.3, -0.25) is 0 Å².